The normalized spacial score (nSPS) is 19.4. The average Bonchev–Trinajstić information content (AvgIpc) is 2.91. The molecule has 0 aliphatic carbocycles. The third kappa shape index (κ3) is 2.25. The van der Waals surface area contributed by atoms with Crippen molar-refractivity contribution in [3.8, 4) is 5.75 Å². The highest BCUT2D eigenvalue weighted by Gasteiger charge is 2.31. The minimum Gasteiger partial charge on any atom is -0.487 e. The zero-order chi connectivity index (χ0) is 12.7. The molecule has 3 rings (SSSR count). The first kappa shape index (κ1) is 12.7. The number of aliphatic hydroxyl groups excluding tert-OH is 1. The van der Waals surface area contributed by atoms with Gasteiger partial charge in [-0.25, -0.2) is 0 Å². The Labute approximate surface area is 126 Å². The molecule has 1 aliphatic rings. The molecule has 2 aromatic rings. The van der Waals surface area contributed by atoms with Gasteiger partial charge in [0.15, 0.2) is 0 Å². The summed E-state index contributed by atoms with van der Waals surface area (Å²) in [5, 5.41) is 10.4. The molecular weight excluding hydrogens is 380 g/mol. The summed E-state index contributed by atoms with van der Waals surface area (Å²) in [5.74, 6) is 0.881. The van der Waals surface area contributed by atoms with Crippen LogP contribution in [0.1, 0.15) is 17.2 Å². The van der Waals surface area contributed by atoms with Crippen LogP contribution in [0.4, 0.5) is 0 Å². The van der Waals surface area contributed by atoms with Gasteiger partial charge in [0.05, 0.1) is 7.57 Å². The minimum absolute atomic E-state index is 0.208. The Morgan fingerprint density at radius 2 is 2.11 bits per heavy atom. The highest BCUT2D eigenvalue weighted by atomic mass is 79.9. The lowest BCUT2D eigenvalue weighted by Crippen LogP contribution is -2.22. The van der Waals surface area contributed by atoms with Crippen LogP contribution in [0, 0.1) is 0 Å². The van der Waals surface area contributed by atoms with E-state index in [9.17, 15) is 5.11 Å². The second-order valence-electron chi connectivity index (χ2n) is 4.19. The Hall–Kier alpha value is -0.360. The fourth-order valence-corrected chi connectivity index (χ4v) is 5.05. The standard InChI is InChI=1S/C13H10Br2O2S/c14-11-6-8(13(15)18-11)12(16)10-5-7-3-1-2-4-9(7)17-10/h1-4,6,10,12,16H,5H2. The minimum atomic E-state index is -0.616. The van der Waals surface area contributed by atoms with Crippen molar-refractivity contribution in [3.63, 3.8) is 0 Å². The third-order valence-corrected chi connectivity index (χ3v) is 5.41. The van der Waals surface area contributed by atoms with Crippen LogP contribution in [0.3, 0.4) is 0 Å². The zero-order valence-electron chi connectivity index (χ0n) is 9.27. The fourth-order valence-electron chi connectivity index (χ4n) is 2.14. The predicted molar refractivity (Wildman–Crippen MR) is 79.2 cm³/mol. The molecule has 94 valence electrons. The number of hydrogen-bond donors (Lipinski definition) is 1. The number of aliphatic hydroxyl groups is 1. The third-order valence-electron chi connectivity index (χ3n) is 3.03. The summed E-state index contributed by atoms with van der Waals surface area (Å²) in [4.78, 5) is 0. The van der Waals surface area contributed by atoms with Crippen molar-refractivity contribution in [1.82, 2.24) is 0 Å². The van der Waals surface area contributed by atoms with Crippen LogP contribution in [0.15, 0.2) is 37.9 Å². The molecular formula is C13H10Br2O2S. The lowest BCUT2D eigenvalue weighted by Gasteiger charge is -2.17. The van der Waals surface area contributed by atoms with Gasteiger partial charge in [0.1, 0.15) is 18.0 Å². The molecule has 2 unspecified atom stereocenters. The molecule has 2 heterocycles. The smallest absolute Gasteiger partial charge is 0.133 e. The van der Waals surface area contributed by atoms with E-state index in [1.807, 2.05) is 30.3 Å². The van der Waals surface area contributed by atoms with E-state index in [1.54, 1.807) is 11.3 Å². The topological polar surface area (TPSA) is 29.5 Å². The summed E-state index contributed by atoms with van der Waals surface area (Å²) in [6.45, 7) is 0. The van der Waals surface area contributed by atoms with E-state index in [2.05, 4.69) is 31.9 Å². The van der Waals surface area contributed by atoms with Crippen LogP contribution in [0.25, 0.3) is 0 Å². The molecule has 1 aliphatic heterocycles. The summed E-state index contributed by atoms with van der Waals surface area (Å²) >= 11 is 8.46. The van der Waals surface area contributed by atoms with Gasteiger partial charge in [-0.05, 0) is 49.6 Å². The van der Waals surface area contributed by atoms with Crippen LogP contribution in [0.2, 0.25) is 0 Å². The molecule has 1 aromatic heterocycles. The maximum absolute atomic E-state index is 10.4. The van der Waals surface area contributed by atoms with Crippen molar-refractivity contribution in [2.45, 2.75) is 18.6 Å². The van der Waals surface area contributed by atoms with E-state index >= 15 is 0 Å². The number of benzene rings is 1. The van der Waals surface area contributed by atoms with Crippen molar-refractivity contribution >= 4 is 43.2 Å². The summed E-state index contributed by atoms with van der Waals surface area (Å²) in [6, 6.07) is 9.87. The number of fused-ring (bicyclic) bond motifs is 1. The molecule has 18 heavy (non-hydrogen) atoms. The van der Waals surface area contributed by atoms with E-state index in [0.717, 1.165) is 30.9 Å². The summed E-state index contributed by atoms with van der Waals surface area (Å²) in [5.41, 5.74) is 2.04. The van der Waals surface area contributed by atoms with Crippen LogP contribution in [-0.2, 0) is 6.42 Å². The van der Waals surface area contributed by atoms with Crippen LogP contribution < -0.4 is 4.74 Å². The molecule has 2 nitrogen and oxygen atoms in total. The van der Waals surface area contributed by atoms with Gasteiger partial charge in [-0.3, -0.25) is 0 Å². The molecule has 2 atom stereocenters. The lowest BCUT2D eigenvalue weighted by molar-refractivity contribution is 0.0490. The second kappa shape index (κ2) is 4.96. The van der Waals surface area contributed by atoms with E-state index in [0.29, 0.717) is 0 Å². The molecule has 1 aromatic carbocycles. The van der Waals surface area contributed by atoms with Gasteiger partial charge in [-0.2, -0.15) is 0 Å². The average molecular weight is 390 g/mol. The van der Waals surface area contributed by atoms with E-state index < -0.39 is 6.10 Å². The Morgan fingerprint density at radius 1 is 1.33 bits per heavy atom. The van der Waals surface area contributed by atoms with Crippen molar-refractivity contribution in [2.75, 3.05) is 0 Å². The predicted octanol–water partition coefficient (Wildman–Crippen LogP) is 4.31. The quantitative estimate of drug-likeness (QED) is 0.829. The van der Waals surface area contributed by atoms with Crippen molar-refractivity contribution in [1.29, 1.82) is 0 Å². The number of thiophene rings is 1. The van der Waals surface area contributed by atoms with Gasteiger partial charge in [0, 0.05) is 12.0 Å². The molecule has 0 fully saturated rings. The van der Waals surface area contributed by atoms with E-state index in [4.69, 9.17) is 4.74 Å². The van der Waals surface area contributed by atoms with Crippen molar-refractivity contribution < 1.29 is 9.84 Å². The van der Waals surface area contributed by atoms with Gasteiger partial charge < -0.3 is 9.84 Å². The first-order chi connectivity index (χ1) is 8.65. The first-order valence-corrected chi connectivity index (χ1v) is 7.93. The Bertz CT molecular complexity index is 557. The van der Waals surface area contributed by atoms with Gasteiger partial charge in [0.25, 0.3) is 0 Å². The van der Waals surface area contributed by atoms with Gasteiger partial charge in [-0.15, -0.1) is 11.3 Å². The molecule has 0 bridgehead atoms. The lowest BCUT2D eigenvalue weighted by atomic mass is 10.0. The molecule has 0 amide bonds. The second-order valence-corrected chi connectivity index (χ2v) is 7.94. The Morgan fingerprint density at radius 3 is 2.78 bits per heavy atom. The number of halogens is 2. The SMILES string of the molecule is OC(c1cc(Br)sc1Br)C1Cc2ccccc2O1. The maximum Gasteiger partial charge on any atom is 0.133 e. The molecule has 5 heteroatoms. The molecule has 1 N–H and O–H groups in total. The van der Waals surface area contributed by atoms with Crippen molar-refractivity contribution in [2.24, 2.45) is 0 Å². The largest absolute Gasteiger partial charge is 0.487 e. The summed E-state index contributed by atoms with van der Waals surface area (Å²) < 4.78 is 7.75. The molecule has 0 saturated heterocycles. The highest BCUT2D eigenvalue weighted by Crippen LogP contribution is 2.40. The summed E-state index contributed by atoms with van der Waals surface area (Å²) in [6.07, 6.45) is -0.0772. The van der Waals surface area contributed by atoms with Crippen LogP contribution in [-0.4, -0.2) is 11.2 Å². The maximum atomic E-state index is 10.4. The van der Waals surface area contributed by atoms with Crippen LogP contribution >= 0.6 is 43.2 Å². The van der Waals surface area contributed by atoms with Crippen LogP contribution in [0.5, 0.6) is 5.75 Å². The molecule has 0 radical (unpaired) electrons. The van der Waals surface area contributed by atoms with Gasteiger partial charge in [0.2, 0.25) is 0 Å². The van der Waals surface area contributed by atoms with Crippen molar-refractivity contribution in [3.05, 3.63) is 49.0 Å². The number of rotatable bonds is 2. The zero-order valence-corrected chi connectivity index (χ0v) is 13.3. The van der Waals surface area contributed by atoms with E-state index in [1.165, 1.54) is 0 Å². The number of para-hydroxylation sites is 1. The fraction of sp³-hybridized carbons (Fsp3) is 0.231. The summed E-state index contributed by atoms with van der Waals surface area (Å²) in [7, 11) is 0. The van der Waals surface area contributed by atoms with E-state index in [-0.39, 0.29) is 6.10 Å². The van der Waals surface area contributed by atoms with Gasteiger partial charge in [-0.1, -0.05) is 18.2 Å². The first-order valence-electron chi connectivity index (χ1n) is 5.52. The Balaban J connectivity index is 1.84. The number of hydrogen-bond acceptors (Lipinski definition) is 3. The Kier molecular flexibility index (Phi) is 3.49. The number of ether oxygens (including phenoxy) is 1. The monoisotopic (exact) mass is 388 g/mol. The van der Waals surface area contributed by atoms with Gasteiger partial charge >= 0.3 is 0 Å². The highest BCUT2D eigenvalue weighted by molar-refractivity contribution is 9.12. The molecule has 0 spiro atoms. The molecule has 0 saturated carbocycles.